The molecule has 0 amide bonds. The molecule has 2 aliphatic heterocycles. The summed E-state index contributed by atoms with van der Waals surface area (Å²) in [6.07, 6.45) is 11.3. The Morgan fingerprint density at radius 1 is 1.15 bits per heavy atom. The van der Waals surface area contributed by atoms with Crippen molar-refractivity contribution in [1.82, 2.24) is 0 Å². The van der Waals surface area contributed by atoms with Gasteiger partial charge in [0.2, 0.25) is 0 Å². The molecule has 2 bridgehead atoms. The van der Waals surface area contributed by atoms with Crippen molar-refractivity contribution in [3.05, 3.63) is 11.1 Å². The molecule has 20 heavy (non-hydrogen) atoms. The Morgan fingerprint density at radius 3 is 2.40 bits per heavy atom. The number of carbonyl (C=O) groups excluding carboxylic acids is 1. The molecule has 0 unspecified atom stereocenters. The molecule has 2 aliphatic carbocycles. The quantitative estimate of drug-likeness (QED) is 0.536. The first-order valence-corrected chi connectivity index (χ1v) is 8.61. The molecule has 0 N–H and O–H groups in total. The molecule has 2 nitrogen and oxygen atoms in total. The summed E-state index contributed by atoms with van der Waals surface area (Å²) in [7, 11) is 0. The molecule has 4 fully saturated rings. The second kappa shape index (κ2) is 5.54. The third-order valence-electron chi connectivity index (χ3n) is 6.03. The number of rotatable bonds is 2. The number of hydrogen-bond acceptors (Lipinski definition) is 2. The molecule has 1 spiro atoms. The van der Waals surface area contributed by atoms with Gasteiger partial charge < -0.3 is 4.74 Å². The lowest BCUT2D eigenvalue weighted by Gasteiger charge is -2.52. The Bertz CT molecular complexity index is 403. The third kappa shape index (κ3) is 2.31. The molecule has 4 rings (SSSR count). The number of fused-ring (bicyclic) bond motifs is 3. The van der Waals surface area contributed by atoms with Crippen LogP contribution in [0.15, 0.2) is 11.1 Å². The predicted molar refractivity (Wildman–Crippen MR) is 80.3 cm³/mol. The molecule has 112 valence electrons. The van der Waals surface area contributed by atoms with E-state index in [4.69, 9.17) is 4.74 Å². The monoisotopic (exact) mass is 276 g/mol. The minimum Gasteiger partial charge on any atom is -0.459 e. The van der Waals surface area contributed by atoms with Crippen molar-refractivity contribution in [2.24, 2.45) is 11.8 Å². The average Bonchev–Trinajstić information content (AvgIpc) is 2.37. The van der Waals surface area contributed by atoms with Crippen molar-refractivity contribution >= 4 is 5.97 Å². The molecule has 0 radical (unpaired) electrons. The molecule has 2 saturated heterocycles. The molecular formula is C18H28O2. The maximum absolute atomic E-state index is 12.4. The molecule has 0 aromatic carbocycles. The van der Waals surface area contributed by atoms with Gasteiger partial charge in [0.25, 0.3) is 0 Å². The van der Waals surface area contributed by atoms with Crippen LogP contribution < -0.4 is 0 Å². The first-order chi connectivity index (χ1) is 9.68. The highest BCUT2D eigenvalue weighted by Gasteiger charge is 2.51. The number of carbonyl (C=O) groups is 1. The van der Waals surface area contributed by atoms with E-state index in [1.165, 1.54) is 43.3 Å². The van der Waals surface area contributed by atoms with E-state index in [1.54, 1.807) is 0 Å². The van der Waals surface area contributed by atoms with Crippen molar-refractivity contribution in [3.8, 4) is 0 Å². The van der Waals surface area contributed by atoms with Crippen molar-refractivity contribution in [1.29, 1.82) is 0 Å². The summed E-state index contributed by atoms with van der Waals surface area (Å²) < 4.78 is 6.07. The van der Waals surface area contributed by atoms with Crippen LogP contribution in [-0.2, 0) is 9.53 Å². The van der Waals surface area contributed by atoms with E-state index in [9.17, 15) is 4.79 Å². The third-order valence-corrected chi connectivity index (χ3v) is 6.03. The van der Waals surface area contributed by atoms with Crippen LogP contribution in [0.4, 0.5) is 0 Å². The van der Waals surface area contributed by atoms with Crippen molar-refractivity contribution in [3.63, 3.8) is 0 Å². The van der Waals surface area contributed by atoms with Gasteiger partial charge in [-0.25, -0.2) is 0 Å². The Hall–Kier alpha value is -0.790. The summed E-state index contributed by atoms with van der Waals surface area (Å²) in [4.78, 5) is 12.4. The lowest BCUT2D eigenvalue weighted by atomic mass is 9.58. The molecule has 0 aromatic rings. The zero-order chi connectivity index (χ0) is 14.2. The second-order valence-electron chi connectivity index (χ2n) is 6.98. The summed E-state index contributed by atoms with van der Waals surface area (Å²) in [5.41, 5.74) is 2.86. The molecule has 2 saturated carbocycles. The Labute approximate surface area is 123 Å². The summed E-state index contributed by atoms with van der Waals surface area (Å²) >= 11 is 0. The number of ether oxygens (including phenoxy) is 1. The second-order valence-corrected chi connectivity index (χ2v) is 6.98. The molecular weight excluding hydrogens is 248 g/mol. The summed E-state index contributed by atoms with van der Waals surface area (Å²) in [5.74, 6) is 1.37. The predicted octanol–water partition coefficient (Wildman–Crippen LogP) is 4.78. The molecule has 0 aromatic heterocycles. The zero-order valence-corrected chi connectivity index (χ0v) is 13.0. The highest BCUT2D eigenvalue weighted by Crippen LogP contribution is 2.54. The molecule has 2 heterocycles. The van der Waals surface area contributed by atoms with Gasteiger partial charge in [-0.15, -0.1) is 0 Å². The van der Waals surface area contributed by atoms with E-state index in [0.29, 0.717) is 18.3 Å². The highest BCUT2D eigenvalue weighted by molar-refractivity contribution is 5.74. The zero-order valence-electron chi connectivity index (χ0n) is 13.0. The number of allylic oxidation sites excluding steroid dienone is 1. The Kier molecular flexibility index (Phi) is 3.92. The van der Waals surface area contributed by atoms with E-state index >= 15 is 0 Å². The molecule has 2 heteroatoms. The van der Waals surface area contributed by atoms with Gasteiger partial charge >= 0.3 is 5.97 Å². The van der Waals surface area contributed by atoms with Crippen molar-refractivity contribution < 1.29 is 9.53 Å². The van der Waals surface area contributed by atoms with Crippen LogP contribution in [0, 0.1) is 11.8 Å². The van der Waals surface area contributed by atoms with Crippen LogP contribution in [0.3, 0.4) is 0 Å². The number of hydrogen-bond donors (Lipinski definition) is 0. The van der Waals surface area contributed by atoms with Gasteiger partial charge in [0.15, 0.2) is 0 Å². The fraction of sp³-hybridized carbons (Fsp3) is 0.833. The van der Waals surface area contributed by atoms with Crippen LogP contribution in [0.1, 0.15) is 78.1 Å². The van der Waals surface area contributed by atoms with Crippen LogP contribution in [0.5, 0.6) is 0 Å². The first-order valence-electron chi connectivity index (χ1n) is 8.61. The minimum atomic E-state index is -0.0735. The fourth-order valence-corrected chi connectivity index (χ4v) is 4.76. The number of esters is 1. The topological polar surface area (TPSA) is 26.3 Å². The maximum atomic E-state index is 12.4. The first kappa shape index (κ1) is 14.2. The van der Waals surface area contributed by atoms with Crippen molar-refractivity contribution in [2.75, 3.05) is 0 Å². The van der Waals surface area contributed by atoms with Crippen LogP contribution in [-0.4, -0.2) is 11.6 Å². The molecule has 0 atom stereocenters. The van der Waals surface area contributed by atoms with Gasteiger partial charge in [0.1, 0.15) is 5.60 Å². The Morgan fingerprint density at radius 2 is 1.80 bits per heavy atom. The lowest BCUT2D eigenvalue weighted by molar-refractivity contribution is -0.182. The van der Waals surface area contributed by atoms with Crippen LogP contribution in [0.25, 0.3) is 0 Å². The van der Waals surface area contributed by atoms with E-state index in [-0.39, 0.29) is 11.6 Å². The SMILES string of the molecule is CCC(CC)=C1CC(=O)OC2(CCCCC2)C2CC1C2. The van der Waals surface area contributed by atoms with Gasteiger partial charge in [-0.1, -0.05) is 31.4 Å². The summed E-state index contributed by atoms with van der Waals surface area (Å²) in [5, 5.41) is 0. The van der Waals surface area contributed by atoms with Gasteiger partial charge in [-0.05, 0) is 63.2 Å². The summed E-state index contributed by atoms with van der Waals surface area (Å²) in [6, 6.07) is 0. The van der Waals surface area contributed by atoms with E-state index in [2.05, 4.69) is 13.8 Å². The lowest BCUT2D eigenvalue weighted by Crippen LogP contribution is -2.52. The van der Waals surface area contributed by atoms with Gasteiger partial charge in [0, 0.05) is 0 Å². The van der Waals surface area contributed by atoms with Crippen LogP contribution >= 0.6 is 0 Å². The van der Waals surface area contributed by atoms with Crippen LogP contribution in [0.2, 0.25) is 0 Å². The average molecular weight is 276 g/mol. The van der Waals surface area contributed by atoms with Gasteiger partial charge in [-0.3, -0.25) is 4.79 Å². The smallest absolute Gasteiger partial charge is 0.310 e. The molecule has 4 aliphatic rings. The highest BCUT2D eigenvalue weighted by atomic mass is 16.6. The normalized spacial score (nSPS) is 32.1. The summed E-state index contributed by atoms with van der Waals surface area (Å²) in [6.45, 7) is 4.43. The standard InChI is InChI=1S/C18H28O2/c1-3-13(4-2)16-12-17(19)20-18(8-6-5-7-9-18)15-10-14(16)11-15/h14-15H,3-12H2,1-2H3. The van der Waals surface area contributed by atoms with Gasteiger partial charge in [0.05, 0.1) is 6.42 Å². The fourth-order valence-electron chi connectivity index (χ4n) is 4.76. The van der Waals surface area contributed by atoms with Gasteiger partial charge in [-0.2, -0.15) is 0 Å². The minimum absolute atomic E-state index is 0.0516. The van der Waals surface area contributed by atoms with E-state index in [0.717, 1.165) is 25.7 Å². The largest absolute Gasteiger partial charge is 0.459 e. The van der Waals surface area contributed by atoms with Crippen molar-refractivity contribution in [2.45, 2.75) is 83.7 Å². The maximum Gasteiger partial charge on any atom is 0.310 e. The van der Waals surface area contributed by atoms with E-state index in [1.807, 2.05) is 0 Å². The van der Waals surface area contributed by atoms with E-state index < -0.39 is 0 Å². The Balaban J connectivity index is 1.83.